The van der Waals surface area contributed by atoms with E-state index in [4.69, 9.17) is 18.1 Å². The van der Waals surface area contributed by atoms with Gasteiger partial charge in [0.1, 0.15) is 0 Å². The monoisotopic (exact) mass is 209 g/mol. The smallest absolute Gasteiger partial charge is 0.185 e. The molecule has 0 saturated heterocycles. The summed E-state index contributed by atoms with van der Waals surface area (Å²) in [5, 5.41) is 3.51. The fraction of sp³-hybridized carbons (Fsp3) is 0.300. The van der Waals surface area contributed by atoms with Crippen LogP contribution in [0.2, 0.25) is 0 Å². The summed E-state index contributed by atoms with van der Waals surface area (Å²) >= 11 is 4.96. The summed E-state index contributed by atoms with van der Waals surface area (Å²) in [6, 6.07) is 6.16. The second kappa shape index (κ2) is 4.93. The van der Waals surface area contributed by atoms with Gasteiger partial charge in [-0.1, -0.05) is 25.1 Å². The van der Waals surface area contributed by atoms with Crippen LogP contribution in [0.15, 0.2) is 18.2 Å². The number of nitrogens with two attached hydrogens (primary N) is 1. The number of hydrogen-bond donors (Lipinski definition) is 3. The maximum atomic E-state index is 5.21. The molecule has 0 bridgehead atoms. The SMILES string of the molecule is CCc1cccc(C)c1NC(=S)NN. The maximum Gasteiger partial charge on any atom is 0.185 e. The Labute approximate surface area is 89.7 Å². The zero-order valence-corrected chi connectivity index (χ0v) is 9.24. The topological polar surface area (TPSA) is 50.1 Å². The Hall–Kier alpha value is -1.13. The van der Waals surface area contributed by atoms with Crippen molar-refractivity contribution in [3.8, 4) is 0 Å². The number of aryl methyl sites for hydroxylation is 2. The first kappa shape index (κ1) is 10.9. The Bertz CT molecular complexity index is 336. The van der Waals surface area contributed by atoms with E-state index in [1.807, 2.05) is 19.1 Å². The molecule has 0 atom stereocenters. The molecule has 14 heavy (non-hydrogen) atoms. The third-order valence-corrected chi connectivity index (χ3v) is 2.33. The number of thiocarbonyl (C=S) groups is 1. The minimum absolute atomic E-state index is 0.439. The molecule has 3 nitrogen and oxygen atoms in total. The lowest BCUT2D eigenvalue weighted by Gasteiger charge is -2.13. The molecule has 1 aromatic rings. The zero-order chi connectivity index (χ0) is 10.6. The lowest BCUT2D eigenvalue weighted by molar-refractivity contribution is 1.04. The first-order valence-corrected chi connectivity index (χ1v) is 4.96. The molecule has 1 aromatic carbocycles. The number of nitrogens with one attached hydrogen (secondary N) is 2. The van der Waals surface area contributed by atoms with Crippen LogP contribution in [0.1, 0.15) is 18.1 Å². The first-order valence-electron chi connectivity index (χ1n) is 4.55. The van der Waals surface area contributed by atoms with Crippen molar-refractivity contribution < 1.29 is 0 Å². The predicted molar refractivity (Wildman–Crippen MR) is 64.1 cm³/mol. The fourth-order valence-corrected chi connectivity index (χ4v) is 1.45. The molecule has 0 radical (unpaired) electrons. The highest BCUT2D eigenvalue weighted by molar-refractivity contribution is 7.80. The first-order chi connectivity index (χ1) is 6.69. The second-order valence-corrected chi connectivity index (χ2v) is 3.47. The Morgan fingerprint density at radius 3 is 2.79 bits per heavy atom. The normalized spacial score (nSPS) is 9.64. The van der Waals surface area contributed by atoms with E-state index in [0.717, 1.165) is 12.1 Å². The van der Waals surface area contributed by atoms with Gasteiger partial charge in [-0.3, -0.25) is 0 Å². The van der Waals surface area contributed by atoms with Crippen LogP contribution in [0.25, 0.3) is 0 Å². The molecule has 0 fully saturated rings. The van der Waals surface area contributed by atoms with Gasteiger partial charge in [0.2, 0.25) is 0 Å². The predicted octanol–water partition coefficient (Wildman–Crippen LogP) is 1.72. The van der Waals surface area contributed by atoms with Crippen molar-refractivity contribution in [2.24, 2.45) is 5.84 Å². The highest BCUT2D eigenvalue weighted by Gasteiger charge is 2.04. The van der Waals surface area contributed by atoms with Crippen molar-refractivity contribution >= 4 is 23.0 Å². The zero-order valence-electron chi connectivity index (χ0n) is 8.42. The van der Waals surface area contributed by atoms with Gasteiger partial charge in [0.05, 0.1) is 0 Å². The van der Waals surface area contributed by atoms with Gasteiger partial charge in [0, 0.05) is 5.69 Å². The van der Waals surface area contributed by atoms with Crippen molar-refractivity contribution in [2.45, 2.75) is 20.3 Å². The highest BCUT2D eigenvalue weighted by Crippen LogP contribution is 2.20. The van der Waals surface area contributed by atoms with Crippen LogP contribution in [0.5, 0.6) is 0 Å². The van der Waals surface area contributed by atoms with Crippen molar-refractivity contribution in [1.82, 2.24) is 5.43 Å². The van der Waals surface area contributed by atoms with Crippen LogP contribution < -0.4 is 16.6 Å². The van der Waals surface area contributed by atoms with Crippen LogP contribution in [0, 0.1) is 6.92 Å². The molecule has 4 heteroatoms. The molecular weight excluding hydrogens is 194 g/mol. The maximum absolute atomic E-state index is 5.21. The van der Waals surface area contributed by atoms with E-state index in [-0.39, 0.29) is 0 Å². The molecule has 0 aliphatic rings. The molecular formula is C10H15N3S. The summed E-state index contributed by atoms with van der Waals surface area (Å²) in [5.74, 6) is 5.21. The summed E-state index contributed by atoms with van der Waals surface area (Å²) in [7, 11) is 0. The molecule has 0 aromatic heterocycles. The molecule has 1 rings (SSSR count). The quantitative estimate of drug-likeness (QED) is 0.394. The molecule has 0 aliphatic carbocycles. The Morgan fingerprint density at radius 2 is 2.21 bits per heavy atom. The van der Waals surface area contributed by atoms with E-state index in [1.54, 1.807) is 0 Å². The van der Waals surface area contributed by atoms with Gasteiger partial charge in [0.25, 0.3) is 0 Å². The van der Waals surface area contributed by atoms with Gasteiger partial charge in [-0.2, -0.15) is 0 Å². The summed E-state index contributed by atoms with van der Waals surface area (Å²) in [5.41, 5.74) is 5.87. The molecule has 0 heterocycles. The molecule has 0 aliphatic heterocycles. The Balaban J connectivity index is 2.98. The highest BCUT2D eigenvalue weighted by atomic mass is 32.1. The molecule has 4 N–H and O–H groups in total. The van der Waals surface area contributed by atoms with Crippen molar-refractivity contribution in [3.63, 3.8) is 0 Å². The minimum Gasteiger partial charge on any atom is -0.331 e. The van der Waals surface area contributed by atoms with E-state index in [2.05, 4.69) is 23.7 Å². The largest absolute Gasteiger partial charge is 0.331 e. The lowest BCUT2D eigenvalue weighted by Crippen LogP contribution is -2.34. The number of hydrogen-bond acceptors (Lipinski definition) is 2. The average molecular weight is 209 g/mol. The van der Waals surface area contributed by atoms with Gasteiger partial charge >= 0.3 is 0 Å². The van der Waals surface area contributed by atoms with E-state index < -0.39 is 0 Å². The number of anilines is 1. The van der Waals surface area contributed by atoms with Crippen molar-refractivity contribution in [1.29, 1.82) is 0 Å². The van der Waals surface area contributed by atoms with Gasteiger partial charge in [-0.25, -0.2) is 5.84 Å². The third-order valence-electron chi connectivity index (χ3n) is 2.11. The molecule has 0 spiro atoms. The molecule has 76 valence electrons. The van der Waals surface area contributed by atoms with Crippen LogP contribution in [0.4, 0.5) is 5.69 Å². The molecule has 0 saturated carbocycles. The van der Waals surface area contributed by atoms with Gasteiger partial charge in [-0.05, 0) is 36.7 Å². The summed E-state index contributed by atoms with van der Waals surface area (Å²) in [6.45, 7) is 4.15. The van der Waals surface area contributed by atoms with Crippen LogP contribution >= 0.6 is 12.2 Å². The number of hydrazine groups is 1. The molecule has 0 amide bonds. The standard InChI is InChI=1S/C10H15N3S/c1-3-8-6-4-5-7(2)9(8)12-10(14)13-11/h4-6H,3,11H2,1-2H3,(H2,12,13,14). The number of para-hydroxylation sites is 1. The van der Waals surface area contributed by atoms with Gasteiger partial charge in [0.15, 0.2) is 5.11 Å². The van der Waals surface area contributed by atoms with E-state index >= 15 is 0 Å². The Kier molecular flexibility index (Phi) is 3.85. The van der Waals surface area contributed by atoms with Crippen LogP contribution in [0.3, 0.4) is 0 Å². The van der Waals surface area contributed by atoms with E-state index in [0.29, 0.717) is 5.11 Å². The van der Waals surface area contributed by atoms with E-state index in [9.17, 15) is 0 Å². The van der Waals surface area contributed by atoms with Gasteiger partial charge < -0.3 is 10.7 Å². The summed E-state index contributed by atoms with van der Waals surface area (Å²) in [4.78, 5) is 0. The van der Waals surface area contributed by atoms with E-state index in [1.165, 1.54) is 11.1 Å². The van der Waals surface area contributed by atoms with Crippen molar-refractivity contribution in [3.05, 3.63) is 29.3 Å². The van der Waals surface area contributed by atoms with Crippen LogP contribution in [-0.4, -0.2) is 5.11 Å². The number of benzene rings is 1. The summed E-state index contributed by atoms with van der Waals surface area (Å²) < 4.78 is 0. The second-order valence-electron chi connectivity index (χ2n) is 3.06. The minimum atomic E-state index is 0.439. The average Bonchev–Trinajstić information content (AvgIpc) is 2.20. The fourth-order valence-electron chi connectivity index (χ4n) is 1.35. The van der Waals surface area contributed by atoms with Crippen LogP contribution in [-0.2, 0) is 6.42 Å². The molecule has 0 unspecified atom stereocenters. The lowest BCUT2D eigenvalue weighted by atomic mass is 10.1. The Morgan fingerprint density at radius 1 is 1.50 bits per heavy atom. The summed E-state index contributed by atoms with van der Waals surface area (Å²) in [6.07, 6.45) is 0.969. The third kappa shape index (κ3) is 2.43. The number of rotatable bonds is 2. The van der Waals surface area contributed by atoms with Crippen molar-refractivity contribution in [2.75, 3.05) is 5.32 Å². The van der Waals surface area contributed by atoms with Gasteiger partial charge in [-0.15, -0.1) is 0 Å².